The second kappa shape index (κ2) is 3.98. The van der Waals surface area contributed by atoms with Crippen molar-refractivity contribution in [1.82, 2.24) is 9.55 Å². The van der Waals surface area contributed by atoms with Crippen LogP contribution in [-0.2, 0) is 0 Å². The first-order valence-corrected chi connectivity index (χ1v) is 6.14. The molecule has 5 heteroatoms. The molecule has 0 saturated heterocycles. The smallest absolute Gasteiger partial charge is 0.140 e. The number of rotatable bonds is 3. The molecule has 1 saturated carbocycles. The molecule has 0 radical (unpaired) electrons. The third-order valence-electron chi connectivity index (χ3n) is 3.11. The van der Waals surface area contributed by atoms with Crippen molar-refractivity contribution in [1.29, 1.82) is 0 Å². The van der Waals surface area contributed by atoms with Gasteiger partial charge in [-0.15, -0.1) is 0 Å². The Morgan fingerprint density at radius 1 is 1.53 bits per heavy atom. The monoisotopic (exact) mass is 251 g/mol. The van der Waals surface area contributed by atoms with Gasteiger partial charge in [0.15, 0.2) is 0 Å². The van der Waals surface area contributed by atoms with Gasteiger partial charge in [-0.25, -0.2) is 4.98 Å². The van der Waals surface area contributed by atoms with Crippen molar-refractivity contribution in [3.63, 3.8) is 0 Å². The molecule has 90 valence electrons. The molecule has 0 bridgehead atoms. The predicted octanol–water partition coefficient (Wildman–Crippen LogP) is 2.02. The molecule has 1 fully saturated rings. The van der Waals surface area contributed by atoms with E-state index in [0.29, 0.717) is 16.9 Å². The highest BCUT2D eigenvalue weighted by Crippen LogP contribution is 2.40. The van der Waals surface area contributed by atoms with Crippen LogP contribution in [0.5, 0.6) is 0 Å². The van der Waals surface area contributed by atoms with E-state index in [1.807, 2.05) is 18.2 Å². The normalized spacial score (nSPS) is 17.6. The van der Waals surface area contributed by atoms with E-state index in [1.165, 1.54) is 0 Å². The summed E-state index contributed by atoms with van der Waals surface area (Å²) in [6, 6.07) is 6.03. The summed E-state index contributed by atoms with van der Waals surface area (Å²) in [7, 11) is 0. The van der Waals surface area contributed by atoms with Crippen molar-refractivity contribution in [3.05, 3.63) is 29.0 Å². The van der Waals surface area contributed by atoms with Gasteiger partial charge in [0.2, 0.25) is 0 Å². The van der Waals surface area contributed by atoms with Gasteiger partial charge in [-0.05, 0) is 31.0 Å². The summed E-state index contributed by atoms with van der Waals surface area (Å²) in [6.07, 6.45) is 1.55. The first-order valence-electron chi connectivity index (χ1n) is 5.76. The van der Waals surface area contributed by atoms with E-state index in [4.69, 9.17) is 17.3 Å². The van der Waals surface area contributed by atoms with E-state index in [-0.39, 0.29) is 6.54 Å². The van der Waals surface area contributed by atoms with Gasteiger partial charge in [0.05, 0.1) is 11.0 Å². The minimum absolute atomic E-state index is 0.184. The van der Waals surface area contributed by atoms with Crippen LogP contribution >= 0.6 is 11.6 Å². The first-order chi connectivity index (χ1) is 8.20. The Bertz CT molecular complexity index is 562. The van der Waals surface area contributed by atoms with Gasteiger partial charge in [-0.2, -0.15) is 0 Å². The fraction of sp³-hybridized carbons (Fsp3) is 0.417. The number of nitrogens with two attached hydrogens (primary N) is 1. The number of nitrogens with zero attached hydrogens (tertiary/aromatic N) is 2. The summed E-state index contributed by atoms with van der Waals surface area (Å²) < 4.78 is 2.08. The van der Waals surface area contributed by atoms with Crippen LogP contribution < -0.4 is 5.73 Å². The number of fused-ring (bicyclic) bond motifs is 1. The quantitative estimate of drug-likeness (QED) is 0.877. The fourth-order valence-corrected chi connectivity index (χ4v) is 2.31. The Hall–Kier alpha value is -1.10. The van der Waals surface area contributed by atoms with Crippen molar-refractivity contribution in [2.75, 3.05) is 6.54 Å². The van der Waals surface area contributed by atoms with E-state index in [1.54, 1.807) is 0 Å². The van der Waals surface area contributed by atoms with Crippen LogP contribution in [0.25, 0.3) is 11.0 Å². The maximum Gasteiger partial charge on any atom is 0.140 e. The number of imidazole rings is 1. The van der Waals surface area contributed by atoms with Crippen molar-refractivity contribution in [3.8, 4) is 0 Å². The van der Waals surface area contributed by atoms with Crippen LogP contribution in [0.4, 0.5) is 0 Å². The van der Waals surface area contributed by atoms with Crippen molar-refractivity contribution < 1.29 is 5.11 Å². The molecule has 0 aliphatic heterocycles. The standard InChI is InChI=1S/C12H14ClN3O/c13-7-1-4-9-10(5-7)16(8-2-3-8)12(15-9)11(17)6-14/h1,4-5,8,11,17H,2-3,6,14H2. The van der Waals surface area contributed by atoms with E-state index >= 15 is 0 Å². The van der Waals surface area contributed by atoms with E-state index in [9.17, 15) is 5.11 Å². The number of aromatic nitrogens is 2. The van der Waals surface area contributed by atoms with Crippen LogP contribution in [-0.4, -0.2) is 21.2 Å². The van der Waals surface area contributed by atoms with Gasteiger partial charge < -0.3 is 15.4 Å². The molecule has 1 aromatic carbocycles. The van der Waals surface area contributed by atoms with Crippen LogP contribution in [0.1, 0.15) is 30.8 Å². The van der Waals surface area contributed by atoms with Crippen LogP contribution in [0.2, 0.25) is 5.02 Å². The van der Waals surface area contributed by atoms with Gasteiger partial charge in [-0.3, -0.25) is 0 Å². The summed E-state index contributed by atoms with van der Waals surface area (Å²) >= 11 is 6.01. The van der Waals surface area contributed by atoms with Gasteiger partial charge in [0.25, 0.3) is 0 Å². The van der Waals surface area contributed by atoms with E-state index < -0.39 is 6.10 Å². The molecule has 1 aliphatic carbocycles. The lowest BCUT2D eigenvalue weighted by Gasteiger charge is -2.11. The molecule has 1 aromatic heterocycles. The summed E-state index contributed by atoms with van der Waals surface area (Å²) in [5.74, 6) is 0.660. The minimum atomic E-state index is -0.707. The first kappa shape index (κ1) is 11.0. The SMILES string of the molecule is NCC(O)c1nc2ccc(Cl)cc2n1C1CC1. The molecule has 17 heavy (non-hydrogen) atoms. The van der Waals surface area contributed by atoms with Crippen molar-refractivity contribution in [2.24, 2.45) is 5.73 Å². The molecule has 3 rings (SSSR count). The average molecular weight is 252 g/mol. The number of aliphatic hydroxyl groups excluding tert-OH is 1. The molecular weight excluding hydrogens is 238 g/mol. The van der Waals surface area contributed by atoms with E-state index in [2.05, 4.69) is 9.55 Å². The molecule has 4 nitrogen and oxygen atoms in total. The van der Waals surface area contributed by atoms with Crippen LogP contribution in [0.15, 0.2) is 18.2 Å². The Morgan fingerprint density at radius 2 is 2.29 bits per heavy atom. The highest BCUT2D eigenvalue weighted by atomic mass is 35.5. The lowest BCUT2D eigenvalue weighted by Crippen LogP contribution is -2.16. The Balaban J connectivity index is 2.23. The molecule has 1 aliphatic rings. The largest absolute Gasteiger partial charge is 0.384 e. The van der Waals surface area contributed by atoms with Crippen LogP contribution in [0.3, 0.4) is 0 Å². The molecule has 3 N–H and O–H groups in total. The highest BCUT2D eigenvalue weighted by Gasteiger charge is 2.30. The molecular formula is C12H14ClN3O. The zero-order valence-corrected chi connectivity index (χ0v) is 10.1. The fourth-order valence-electron chi connectivity index (χ4n) is 2.14. The lowest BCUT2D eigenvalue weighted by molar-refractivity contribution is 0.172. The lowest BCUT2D eigenvalue weighted by atomic mass is 10.3. The minimum Gasteiger partial charge on any atom is -0.384 e. The number of hydrogen-bond donors (Lipinski definition) is 2. The molecule has 0 amide bonds. The maximum absolute atomic E-state index is 9.92. The van der Waals surface area contributed by atoms with Crippen molar-refractivity contribution in [2.45, 2.75) is 25.0 Å². The molecule has 2 aromatic rings. The number of aliphatic hydroxyl groups is 1. The van der Waals surface area contributed by atoms with Crippen LogP contribution in [0, 0.1) is 0 Å². The van der Waals surface area contributed by atoms with Gasteiger partial charge in [-0.1, -0.05) is 11.6 Å². The second-order valence-electron chi connectivity index (χ2n) is 4.46. The Labute approximate surface area is 104 Å². The molecule has 0 spiro atoms. The zero-order valence-electron chi connectivity index (χ0n) is 9.31. The predicted molar refractivity (Wildman–Crippen MR) is 67.0 cm³/mol. The van der Waals surface area contributed by atoms with Crippen molar-refractivity contribution >= 4 is 22.6 Å². The Morgan fingerprint density at radius 3 is 2.94 bits per heavy atom. The highest BCUT2D eigenvalue weighted by molar-refractivity contribution is 6.31. The third-order valence-corrected chi connectivity index (χ3v) is 3.35. The number of hydrogen-bond acceptors (Lipinski definition) is 3. The average Bonchev–Trinajstić information content (AvgIpc) is 3.09. The second-order valence-corrected chi connectivity index (χ2v) is 4.89. The van der Waals surface area contributed by atoms with E-state index in [0.717, 1.165) is 23.9 Å². The molecule has 1 atom stereocenters. The number of benzene rings is 1. The molecule has 1 unspecified atom stereocenters. The van der Waals surface area contributed by atoms with Gasteiger partial charge >= 0.3 is 0 Å². The molecule has 1 heterocycles. The van der Waals surface area contributed by atoms with Gasteiger partial charge in [0, 0.05) is 17.6 Å². The third kappa shape index (κ3) is 1.82. The number of halogens is 1. The topological polar surface area (TPSA) is 64.1 Å². The zero-order chi connectivity index (χ0) is 12.0. The summed E-state index contributed by atoms with van der Waals surface area (Å²) in [5, 5.41) is 10.6. The summed E-state index contributed by atoms with van der Waals surface area (Å²) in [5.41, 5.74) is 7.37. The van der Waals surface area contributed by atoms with Gasteiger partial charge in [0.1, 0.15) is 11.9 Å². The summed E-state index contributed by atoms with van der Waals surface area (Å²) in [6.45, 7) is 0.184. The maximum atomic E-state index is 9.92. The Kier molecular flexibility index (Phi) is 2.58. The summed E-state index contributed by atoms with van der Waals surface area (Å²) in [4.78, 5) is 4.46.